The molecule has 3 aliphatic rings. The molecular weight excluding hydrogens is 520 g/mol. The van der Waals surface area contributed by atoms with E-state index in [9.17, 15) is 28.3 Å². The Kier molecular flexibility index (Phi) is 5.46. The van der Waals surface area contributed by atoms with Gasteiger partial charge in [0.25, 0.3) is 5.56 Å². The van der Waals surface area contributed by atoms with E-state index >= 15 is 0 Å². The number of carbonyl (C=O) groups excluding carboxylic acids is 2. The van der Waals surface area contributed by atoms with Crippen LogP contribution < -0.4 is 15.0 Å². The molecule has 0 aliphatic carbocycles. The highest BCUT2D eigenvalue weighted by molar-refractivity contribution is 5.91. The number of cyclic esters (lactones) is 1. The van der Waals surface area contributed by atoms with Crippen LogP contribution in [0.5, 0.6) is 11.5 Å². The van der Waals surface area contributed by atoms with E-state index in [2.05, 4.69) is 14.5 Å². The Morgan fingerprint density at radius 2 is 1.90 bits per heavy atom. The number of hydrogen-bond acceptors (Lipinski definition) is 10. The van der Waals surface area contributed by atoms with Gasteiger partial charge in [-0.15, -0.1) is 8.78 Å². The molecule has 0 fully saturated rings. The lowest BCUT2D eigenvalue weighted by molar-refractivity contribution is -0.286. The van der Waals surface area contributed by atoms with E-state index in [0.717, 1.165) is 0 Å². The Labute approximate surface area is 219 Å². The lowest BCUT2D eigenvalue weighted by Crippen LogP contribution is -2.48. The number of nitrogens with zero attached hydrogens (tertiary/aromatic N) is 3. The first-order valence-electron chi connectivity index (χ1n) is 12.2. The van der Waals surface area contributed by atoms with Crippen molar-refractivity contribution in [3.05, 3.63) is 50.8 Å². The predicted molar refractivity (Wildman–Crippen MR) is 129 cm³/mol. The van der Waals surface area contributed by atoms with E-state index in [1.54, 1.807) is 32.0 Å². The first-order valence-corrected chi connectivity index (χ1v) is 12.2. The standard InChI is InChI=1S/C26H23F2N3O8/c1-4-25(39-21(33)9-30(2)3)16-6-18-22-13(8-31(18)23(34)15(16)11-36-24(25)35)14(10-32)12-5-19-20(7-17(12)29-22)38-26(27,28)37-19/h5-7,32H,4,8-11H2,1-3H3. The molecule has 0 saturated carbocycles. The molecule has 1 N–H and O–H groups in total. The summed E-state index contributed by atoms with van der Waals surface area (Å²) in [6, 6.07) is 4.18. The molecule has 5 heterocycles. The van der Waals surface area contributed by atoms with Crippen LogP contribution >= 0.6 is 0 Å². The Bertz CT molecular complexity index is 1650. The van der Waals surface area contributed by atoms with Gasteiger partial charge in [0.15, 0.2) is 11.5 Å². The molecule has 1 unspecified atom stereocenters. The first-order chi connectivity index (χ1) is 18.5. The second kappa shape index (κ2) is 8.45. The van der Waals surface area contributed by atoms with Crippen LogP contribution in [0, 0.1) is 0 Å². The minimum atomic E-state index is -3.83. The molecule has 11 nitrogen and oxygen atoms in total. The van der Waals surface area contributed by atoms with Gasteiger partial charge in [0.05, 0.1) is 42.2 Å². The summed E-state index contributed by atoms with van der Waals surface area (Å²) in [5.41, 5.74) is -0.166. The zero-order valence-corrected chi connectivity index (χ0v) is 21.2. The molecule has 204 valence electrons. The molecule has 0 amide bonds. The molecule has 0 bridgehead atoms. The molecule has 0 saturated heterocycles. The van der Waals surface area contributed by atoms with Gasteiger partial charge < -0.3 is 28.6 Å². The maximum absolute atomic E-state index is 13.7. The Morgan fingerprint density at radius 3 is 2.56 bits per heavy atom. The van der Waals surface area contributed by atoms with Crippen LogP contribution in [0.1, 0.15) is 35.6 Å². The molecule has 2 aromatic heterocycles. The van der Waals surface area contributed by atoms with Crippen molar-refractivity contribution in [3.63, 3.8) is 0 Å². The van der Waals surface area contributed by atoms with Crippen LogP contribution in [-0.4, -0.2) is 58.4 Å². The van der Waals surface area contributed by atoms with Crippen LogP contribution in [0.15, 0.2) is 23.0 Å². The number of aliphatic hydroxyl groups is 1. The van der Waals surface area contributed by atoms with Gasteiger partial charge in [-0.2, -0.15) is 0 Å². The number of aromatic nitrogens is 2. The highest BCUT2D eigenvalue weighted by Crippen LogP contribution is 2.46. The molecule has 3 aliphatic heterocycles. The monoisotopic (exact) mass is 543 g/mol. The van der Waals surface area contributed by atoms with Crippen molar-refractivity contribution < 1.29 is 42.4 Å². The zero-order valence-electron chi connectivity index (χ0n) is 21.2. The van der Waals surface area contributed by atoms with Crippen LogP contribution in [0.2, 0.25) is 0 Å². The van der Waals surface area contributed by atoms with Crippen LogP contribution in [0.3, 0.4) is 0 Å². The van der Waals surface area contributed by atoms with Gasteiger partial charge in [0, 0.05) is 22.6 Å². The summed E-state index contributed by atoms with van der Waals surface area (Å²) in [7, 11) is 3.34. The van der Waals surface area contributed by atoms with E-state index in [0.29, 0.717) is 27.9 Å². The van der Waals surface area contributed by atoms with Gasteiger partial charge in [0.1, 0.15) is 6.61 Å². The Hall–Kier alpha value is -4.10. The van der Waals surface area contributed by atoms with Crippen molar-refractivity contribution in [1.29, 1.82) is 0 Å². The fourth-order valence-corrected chi connectivity index (χ4v) is 5.43. The SMILES string of the molecule is CCC1(OC(=O)CN(C)C)C(=O)OCc2c1cc1n(c2=O)Cc2c-1nc1cc3c(cc1c2CO)OC(F)(F)O3. The third kappa shape index (κ3) is 3.67. The van der Waals surface area contributed by atoms with Crippen molar-refractivity contribution in [3.8, 4) is 22.9 Å². The summed E-state index contributed by atoms with van der Waals surface area (Å²) >= 11 is 0. The lowest BCUT2D eigenvalue weighted by Gasteiger charge is -2.35. The number of carbonyl (C=O) groups is 2. The highest BCUT2D eigenvalue weighted by Gasteiger charge is 2.50. The molecule has 6 rings (SSSR count). The summed E-state index contributed by atoms with van der Waals surface area (Å²) in [6.07, 6.45) is -3.82. The molecule has 1 atom stereocenters. The average molecular weight is 543 g/mol. The molecular formula is C26H23F2N3O8. The Balaban J connectivity index is 1.55. The number of esters is 2. The number of ether oxygens (including phenoxy) is 4. The first kappa shape index (κ1) is 25.2. The fourth-order valence-electron chi connectivity index (χ4n) is 5.43. The lowest BCUT2D eigenvalue weighted by atomic mass is 9.85. The van der Waals surface area contributed by atoms with Crippen LogP contribution in [-0.2, 0) is 44.4 Å². The minimum Gasteiger partial charge on any atom is -0.457 e. The number of rotatable bonds is 5. The van der Waals surface area contributed by atoms with E-state index in [1.807, 2.05) is 0 Å². The van der Waals surface area contributed by atoms with Crippen molar-refractivity contribution >= 4 is 22.8 Å². The summed E-state index contributed by atoms with van der Waals surface area (Å²) < 4.78 is 48.9. The third-order valence-corrected chi connectivity index (χ3v) is 7.19. The van der Waals surface area contributed by atoms with E-state index in [4.69, 9.17) is 9.47 Å². The predicted octanol–water partition coefficient (Wildman–Crippen LogP) is 2.01. The molecule has 39 heavy (non-hydrogen) atoms. The Morgan fingerprint density at radius 1 is 1.18 bits per heavy atom. The normalized spacial score (nSPS) is 20.0. The van der Waals surface area contributed by atoms with Gasteiger partial charge >= 0.3 is 18.2 Å². The van der Waals surface area contributed by atoms with Gasteiger partial charge in [0.2, 0.25) is 5.60 Å². The van der Waals surface area contributed by atoms with Crippen molar-refractivity contribution in [1.82, 2.24) is 14.5 Å². The van der Waals surface area contributed by atoms with Crippen molar-refractivity contribution in [2.75, 3.05) is 20.6 Å². The molecule has 3 aromatic rings. The number of aliphatic hydroxyl groups excluding tert-OH is 1. The summed E-state index contributed by atoms with van der Waals surface area (Å²) in [5.74, 6) is -1.88. The minimum absolute atomic E-state index is 0.0124. The van der Waals surface area contributed by atoms with Gasteiger partial charge in [-0.3, -0.25) is 14.5 Å². The van der Waals surface area contributed by atoms with E-state index < -0.39 is 36.0 Å². The number of likely N-dealkylation sites (N-methyl/N-ethyl adjacent to an activating group) is 1. The molecule has 13 heteroatoms. The summed E-state index contributed by atoms with van der Waals surface area (Å²) in [4.78, 5) is 45.6. The summed E-state index contributed by atoms with van der Waals surface area (Å²) in [6.45, 7) is 0.816. The smallest absolute Gasteiger partial charge is 0.457 e. The summed E-state index contributed by atoms with van der Waals surface area (Å²) in [5, 5.41) is 10.6. The largest absolute Gasteiger partial charge is 0.586 e. The molecule has 0 radical (unpaired) electrons. The molecule has 1 aromatic carbocycles. The second-order valence-electron chi connectivity index (χ2n) is 9.84. The fraction of sp³-hybridized carbons (Fsp3) is 0.385. The van der Waals surface area contributed by atoms with Crippen molar-refractivity contribution in [2.24, 2.45) is 0 Å². The topological polar surface area (TPSA) is 129 Å². The van der Waals surface area contributed by atoms with Gasteiger partial charge in [-0.05, 0) is 38.2 Å². The number of fused-ring (bicyclic) bond motifs is 6. The van der Waals surface area contributed by atoms with Gasteiger partial charge in [-0.1, -0.05) is 6.92 Å². The van der Waals surface area contributed by atoms with E-state index in [1.165, 1.54) is 16.7 Å². The van der Waals surface area contributed by atoms with Gasteiger partial charge in [-0.25, -0.2) is 9.78 Å². The number of pyridine rings is 2. The van der Waals surface area contributed by atoms with Crippen LogP contribution in [0.25, 0.3) is 22.3 Å². The third-order valence-electron chi connectivity index (χ3n) is 7.19. The molecule has 0 spiro atoms. The number of halogens is 2. The second-order valence-corrected chi connectivity index (χ2v) is 9.84. The average Bonchev–Trinajstić information content (AvgIpc) is 3.38. The maximum Gasteiger partial charge on any atom is 0.586 e. The van der Waals surface area contributed by atoms with Crippen molar-refractivity contribution in [2.45, 2.75) is 45.0 Å². The number of benzene rings is 1. The zero-order chi connectivity index (χ0) is 27.9. The number of hydrogen-bond donors (Lipinski definition) is 1. The quantitative estimate of drug-likeness (QED) is 0.373. The number of alkyl halides is 2. The van der Waals surface area contributed by atoms with Crippen LogP contribution in [0.4, 0.5) is 8.78 Å². The highest BCUT2D eigenvalue weighted by atomic mass is 19.3. The van der Waals surface area contributed by atoms with E-state index in [-0.39, 0.29) is 54.3 Å². The maximum atomic E-state index is 13.7.